The van der Waals surface area contributed by atoms with Gasteiger partial charge in [0.2, 0.25) is 5.91 Å². The molecule has 0 aliphatic carbocycles. The molecule has 3 nitrogen and oxygen atoms in total. The molecule has 4 heteroatoms. The van der Waals surface area contributed by atoms with Crippen LogP contribution in [0.25, 0.3) is 0 Å². The van der Waals surface area contributed by atoms with E-state index in [0.29, 0.717) is 17.7 Å². The fraction of sp³-hybridized carbons (Fsp3) is 0.333. The van der Waals surface area contributed by atoms with E-state index in [1.54, 1.807) is 6.07 Å². The molecule has 84 valence electrons. The highest BCUT2D eigenvalue weighted by molar-refractivity contribution is 8.00. The number of amides is 1. The maximum Gasteiger partial charge on any atom is 0.234 e. The Morgan fingerprint density at radius 2 is 2.31 bits per heavy atom. The van der Waals surface area contributed by atoms with Crippen molar-refractivity contribution in [2.24, 2.45) is 0 Å². The van der Waals surface area contributed by atoms with E-state index in [4.69, 9.17) is 0 Å². The minimum absolute atomic E-state index is 0.00223. The molecule has 1 N–H and O–H groups in total. The summed E-state index contributed by atoms with van der Waals surface area (Å²) in [4.78, 5) is 23.9. The molecule has 16 heavy (non-hydrogen) atoms. The molecule has 0 radical (unpaired) electrons. The van der Waals surface area contributed by atoms with E-state index in [-0.39, 0.29) is 11.7 Å². The molecule has 0 saturated carbocycles. The van der Waals surface area contributed by atoms with Crippen molar-refractivity contribution in [1.29, 1.82) is 0 Å². The summed E-state index contributed by atoms with van der Waals surface area (Å²) >= 11 is 1.51. The summed E-state index contributed by atoms with van der Waals surface area (Å²) in [6.07, 6.45) is 1.40. The van der Waals surface area contributed by atoms with Gasteiger partial charge in [0.1, 0.15) is 0 Å². The van der Waals surface area contributed by atoms with Crippen LogP contribution < -0.4 is 5.32 Å². The Balaban J connectivity index is 2.27. The zero-order valence-electron chi connectivity index (χ0n) is 9.08. The van der Waals surface area contributed by atoms with E-state index in [0.717, 1.165) is 17.0 Å². The van der Waals surface area contributed by atoms with Crippen LogP contribution in [0, 0.1) is 0 Å². The van der Waals surface area contributed by atoms with Crippen LogP contribution in [0.1, 0.15) is 30.1 Å². The minimum atomic E-state index is -0.00223. The van der Waals surface area contributed by atoms with E-state index in [1.165, 1.54) is 11.8 Å². The first-order chi connectivity index (χ1) is 7.70. The molecular formula is C12H13NO2S. The van der Waals surface area contributed by atoms with Gasteiger partial charge in [-0.15, -0.1) is 11.8 Å². The number of hydrogen-bond acceptors (Lipinski definition) is 3. The number of fused-ring (bicyclic) bond motifs is 1. The van der Waals surface area contributed by atoms with E-state index in [9.17, 15) is 9.59 Å². The predicted molar refractivity (Wildman–Crippen MR) is 65.0 cm³/mol. The number of ketones is 1. The van der Waals surface area contributed by atoms with Crippen LogP contribution in [0.5, 0.6) is 0 Å². The number of carbonyl (C=O) groups excluding carboxylic acids is 2. The highest BCUT2D eigenvalue weighted by Gasteiger charge is 2.16. The molecule has 1 amide bonds. The average Bonchev–Trinajstić information content (AvgIpc) is 2.28. The molecule has 1 heterocycles. The standard InChI is InChI=1S/C12H13NO2S/c1-2-3-10(14)8-4-5-11-9(6-8)13-12(15)7-16-11/h4-6H,2-3,7H2,1H3,(H,13,15). The average molecular weight is 235 g/mol. The zero-order chi connectivity index (χ0) is 11.5. The molecule has 0 saturated heterocycles. The molecule has 0 unspecified atom stereocenters. The van der Waals surface area contributed by atoms with E-state index < -0.39 is 0 Å². The topological polar surface area (TPSA) is 46.2 Å². The highest BCUT2D eigenvalue weighted by Crippen LogP contribution is 2.32. The number of benzene rings is 1. The second-order valence-corrected chi connectivity index (χ2v) is 4.74. The first kappa shape index (κ1) is 11.2. The van der Waals surface area contributed by atoms with Gasteiger partial charge in [-0.1, -0.05) is 13.0 Å². The van der Waals surface area contributed by atoms with Gasteiger partial charge in [0, 0.05) is 16.9 Å². The van der Waals surface area contributed by atoms with Crippen LogP contribution in [0.15, 0.2) is 23.1 Å². The molecular weight excluding hydrogens is 222 g/mol. The van der Waals surface area contributed by atoms with Crippen LogP contribution in [-0.2, 0) is 4.79 Å². The molecule has 2 rings (SSSR count). The van der Waals surface area contributed by atoms with Gasteiger partial charge in [-0.3, -0.25) is 9.59 Å². The zero-order valence-corrected chi connectivity index (χ0v) is 9.89. The van der Waals surface area contributed by atoms with E-state index in [1.807, 2.05) is 19.1 Å². The number of nitrogens with one attached hydrogen (secondary N) is 1. The molecule has 0 aromatic heterocycles. The Labute approximate surface area is 98.6 Å². The SMILES string of the molecule is CCCC(=O)c1ccc2c(c1)NC(=O)CS2. The Kier molecular flexibility index (Phi) is 3.29. The van der Waals surface area contributed by atoms with Crippen molar-refractivity contribution in [3.63, 3.8) is 0 Å². The number of hydrogen-bond donors (Lipinski definition) is 1. The maximum absolute atomic E-state index is 11.7. The quantitative estimate of drug-likeness (QED) is 0.819. The first-order valence-corrected chi connectivity index (χ1v) is 6.29. The van der Waals surface area contributed by atoms with Gasteiger partial charge in [-0.25, -0.2) is 0 Å². The van der Waals surface area contributed by atoms with Crippen LogP contribution in [0.3, 0.4) is 0 Å². The van der Waals surface area contributed by atoms with Crippen molar-refractivity contribution in [1.82, 2.24) is 0 Å². The van der Waals surface area contributed by atoms with Gasteiger partial charge in [0.25, 0.3) is 0 Å². The summed E-state index contributed by atoms with van der Waals surface area (Å²) in [6.45, 7) is 1.98. The molecule has 1 aromatic carbocycles. The van der Waals surface area contributed by atoms with E-state index >= 15 is 0 Å². The Morgan fingerprint density at radius 3 is 3.06 bits per heavy atom. The van der Waals surface area contributed by atoms with Crippen LogP contribution >= 0.6 is 11.8 Å². The summed E-state index contributed by atoms with van der Waals surface area (Å²) in [7, 11) is 0. The maximum atomic E-state index is 11.7. The lowest BCUT2D eigenvalue weighted by atomic mass is 10.1. The van der Waals surface area contributed by atoms with Crippen molar-refractivity contribution in [2.45, 2.75) is 24.7 Å². The van der Waals surface area contributed by atoms with Gasteiger partial charge in [0.05, 0.1) is 11.4 Å². The van der Waals surface area contributed by atoms with E-state index in [2.05, 4.69) is 5.32 Å². The largest absolute Gasteiger partial charge is 0.324 e. The van der Waals surface area contributed by atoms with Crippen molar-refractivity contribution in [3.05, 3.63) is 23.8 Å². The Hall–Kier alpha value is -1.29. The molecule has 0 bridgehead atoms. The van der Waals surface area contributed by atoms with Crippen molar-refractivity contribution in [3.8, 4) is 0 Å². The first-order valence-electron chi connectivity index (χ1n) is 5.30. The lowest BCUT2D eigenvalue weighted by Gasteiger charge is -2.16. The van der Waals surface area contributed by atoms with Crippen molar-refractivity contribution >= 4 is 29.1 Å². The summed E-state index contributed by atoms with van der Waals surface area (Å²) in [5.74, 6) is 0.586. The third kappa shape index (κ3) is 2.27. The van der Waals surface area contributed by atoms with Gasteiger partial charge in [0.15, 0.2) is 5.78 Å². The number of carbonyl (C=O) groups is 2. The Morgan fingerprint density at radius 1 is 1.50 bits per heavy atom. The van der Waals surface area contributed by atoms with Gasteiger partial charge < -0.3 is 5.32 Å². The molecule has 1 aliphatic heterocycles. The molecule has 1 aliphatic rings. The molecule has 1 aromatic rings. The lowest BCUT2D eigenvalue weighted by molar-refractivity contribution is -0.113. The van der Waals surface area contributed by atoms with Crippen LogP contribution in [0.2, 0.25) is 0 Å². The number of thioether (sulfide) groups is 1. The fourth-order valence-electron chi connectivity index (χ4n) is 1.63. The normalized spacial score (nSPS) is 14.2. The molecule has 0 atom stereocenters. The number of anilines is 1. The monoisotopic (exact) mass is 235 g/mol. The third-order valence-electron chi connectivity index (χ3n) is 2.41. The van der Waals surface area contributed by atoms with Crippen molar-refractivity contribution in [2.75, 3.05) is 11.1 Å². The molecule has 0 spiro atoms. The second kappa shape index (κ2) is 4.70. The van der Waals surface area contributed by atoms with Gasteiger partial charge >= 0.3 is 0 Å². The van der Waals surface area contributed by atoms with Crippen molar-refractivity contribution < 1.29 is 9.59 Å². The summed E-state index contributed by atoms with van der Waals surface area (Å²) < 4.78 is 0. The smallest absolute Gasteiger partial charge is 0.234 e. The predicted octanol–water partition coefficient (Wildman–Crippen LogP) is 2.71. The second-order valence-electron chi connectivity index (χ2n) is 3.72. The van der Waals surface area contributed by atoms with Gasteiger partial charge in [-0.05, 0) is 18.6 Å². The van der Waals surface area contributed by atoms with Crippen LogP contribution in [-0.4, -0.2) is 17.4 Å². The summed E-state index contributed by atoms with van der Waals surface area (Å²) in [6, 6.07) is 5.51. The molecule has 0 fully saturated rings. The van der Waals surface area contributed by atoms with Crippen LogP contribution in [0.4, 0.5) is 5.69 Å². The highest BCUT2D eigenvalue weighted by atomic mass is 32.2. The van der Waals surface area contributed by atoms with Gasteiger partial charge in [-0.2, -0.15) is 0 Å². The lowest BCUT2D eigenvalue weighted by Crippen LogP contribution is -2.19. The summed E-state index contributed by atoms with van der Waals surface area (Å²) in [5, 5.41) is 2.79. The number of rotatable bonds is 3. The number of Topliss-reactive ketones (excluding diaryl/α,β-unsaturated/α-hetero) is 1. The third-order valence-corrected chi connectivity index (χ3v) is 3.48. The minimum Gasteiger partial charge on any atom is -0.324 e. The Bertz CT molecular complexity index is 443. The summed E-state index contributed by atoms with van der Waals surface area (Å²) in [5.41, 5.74) is 1.45. The fourth-order valence-corrected chi connectivity index (χ4v) is 2.42.